The number of carbonyl (C=O) groups excluding carboxylic acids is 1. The van der Waals surface area contributed by atoms with Crippen LogP contribution in [-0.4, -0.2) is 15.9 Å². The van der Waals surface area contributed by atoms with Crippen LogP contribution in [0.4, 0.5) is 0 Å². The average molecular weight is 290 g/mol. The second-order valence-electron chi connectivity index (χ2n) is 5.53. The van der Waals surface area contributed by atoms with E-state index < -0.39 is 0 Å². The summed E-state index contributed by atoms with van der Waals surface area (Å²) in [6.45, 7) is 4.32. The average Bonchev–Trinajstić information content (AvgIpc) is 3.00. The summed E-state index contributed by atoms with van der Waals surface area (Å²) in [4.78, 5) is 10.8. The maximum Gasteiger partial charge on any atom is 0.142 e. The zero-order valence-corrected chi connectivity index (χ0v) is 12.7. The molecule has 0 spiro atoms. The van der Waals surface area contributed by atoms with Gasteiger partial charge in [0.1, 0.15) is 6.29 Å². The second kappa shape index (κ2) is 5.98. The van der Waals surface area contributed by atoms with E-state index in [9.17, 15) is 4.79 Å². The molecule has 3 heteroatoms. The van der Waals surface area contributed by atoms with Crippen LogP contribution in [0.1, 0.15) is 30.9 Å². The third-order valence-corrected chi connectivity index (χ3v) is 3.72. The monoisotopic (exact) mass is 290 g/mol. The molecule has 0 aliphatic rings. The van der Waals surface area contributed by atoms with E-state index in [2.05, 4.69) is 19.9 Å². The summed E-state index contributed by atoms with van der Waals surface area (Å²) >= 11 is 0. The van der Waals surface area contributed by atoms with Gasteiger partial charge in [0.15, 0.2) is 0 Å². The fourth-order valence-corrected chi connectivity index (χ4v) is 2.82. The summed E-state index contributed by atoms with van der Waals surface area (Å²) in [5.74, 6) is 0.328. The highest BCUT2D eigenvalue weighted by Gasteiger charge is 2.17. The van der Waals surface area contributed by atoms with Crippen LogP contribution in [0.5, 0.6) is 0 Å². The van der Waals surface area contributed by atoms with Gasteiger partial charge in [0.05, 0.1) is 11.2 Å². The van der Waals surface area contributed by atoms with E-state index in [0.29, 0.717) is 5.92 Å². The van der Waals surface area contributed by atoms with E-state index >= 15 is 0 Å². The Morgan fingerprint density at radius 1 is 1.09 bits per heavy atom. The van der Waals surface area contributed by atoms with Gasteiger partial charge in [-0.05, 0) is 35.8 Å². The lowest BCUT2D eigenvalue weighted by Gasteiger charge is -2.16. The van der Waals surface area contributed by atoms with Crippen LogP contribution >= 0.6 is 0 Å². The molecule has 3 nitrogen and oxygen atoms in total. The van der Waals surface area contributed by atoms with Gasteiger partial charge in [-0.2, -0.15) is 5.10 Å². The number of fused-ring (bicyclic) bond motifs is 1. The molecule has 0 saturated carbocycles. The summed E-state index contributed by atoms with van der Waals surface area (Å²) in [7, 11) is 0. The predicted molar refractivity (Wildman–Crippen MR) is 89.8 cm³/mol. The van der Waals surface area contributed by atoms with Gasteiger partial charge in [-0.1, -0.05) is 44.2 Å². The molecule has 0 fully saturated rings. The van der Waals surface area contributed by atoms with Gasteiger partial charge in [0, 0.05) is 17.3 Å². The summed E-state index contributed by atoms with van der Waals surface area (Å²) < 4.78 is 1.91. The number of aldehydes is 1. The molecule has 0 aliphatic heterocycles. The van der Waals surface area contributed by atoms with E-state index in [0.717, 1.165) is 28.6 Å². The van der Waals surface area contributed by atoms with Gasteiger partial charge >= 0.3 is 0 Å². The molecule has 0 radical (unpaired) electrons. The van der Waals surface area contributed by atoms with E-state index in [1.54, 1.807) is 0 Å². The molecule has 22 heavy (non-hydrogen) atoms. The molecule has 0 atom stereocenters. The van der Waals surface area contributed by atoms with Crippen molar-refractivity contribution < 1.29 is 4.79 Å². The second-order valence-corrected chi connectivity index (χ2v) is 5.53. The first-order valence-corrected chi connectivity index (χ1v) is 7.41. The molecule has 0 N–H and O–H groups in total. The van der Waals surface area contributed by atoms with Gasteiger partial charge in [-0.3, -0.25) is 4.79 Å². The Labute approximate surface area is 129 Å². The van der Waals surface area contributed by atoms with Gasteiger partial charge in [0.2, 0.25) is 0 Å². The van der Waals surface area contributed by atoms with Crippen molar-refractivity contribution in [2.45, 2.75) is 19.8 Å². The van der Waals surface area contributed by atoms with E-state index in [1.807, 2.05) is 53.2 Å². The third-order valence-electron chi connectivity index (χ3n) is 3.72. The molecule has 0 saturated heterocycles. The Bertz CT molecular complexity index is 829. The first-order valence-electron chi connectivity index (χ1n) is 7.41. The third kappa shape index (κ3) is 2.46. The maximum atomic E-state index is 10.8. The molecule has 0 aliphatic carbocycles. The summed E-state index contributed by atoms with van der Waals surface area (Å²) in [6.07, 6.45) is 6.17. The van der Waals surface area contributed by atoms with Crippen LogP contribution in [-0.2, 0) is 4.79 Å². The van der Waals surface area contributed by atoms with Crippen LogP contribution in [0.25, 0.3) is 22.9 Å². The van der Waals surface area contributed by atoms with E-state index in [1.165, 1.54) is 11.6 Å². The number of hydrogen-bond donors (Lipinski definition) is 0. The fourth-order valence-electron chi connectivity index (χ4n) is 2.82. The molecule has 2 aromatic heterocycles. The van der Waals surface area contributed by atoms with Gasteiger partial charge in [0.25, 0.3) is 0 Å². The molecule has 3 aromatic rings. The van der Waals surface area contributed by atoms with Crippen molar-refractivity contribution in [3.05, 3.63) is 65.9 Å². The van der Waals surface area contributed by atoms with Gasteiger partial charge < -0.3 is 0 Å². The van der Waals surface area contributed by atoms with Crippen molar-refractivity contribution >= 4 is 17.9 Å². The molecule has 2 heterocycles. The lowest BCUT2D eigenvalue weighted by Crippen LogP contribution is -2.04. The highest BCUT2D eigenvalue weighted by molar-refractivity contribution is 5.83. The number of nitrogens with zero attached hydrogens (tertiary/aromatic N) is 2. The maximum absolute atomic E-state index is 10.8. The molecule has 0 bridgehead atoms. The van der Waals surface area contributed by atoms with Crippen molar-refractivity contribution in [3.8, 4) is 11.3 Å². The molecule has 110 valence electrons. The Morgan fingerprint density at radius 2 is 1.86 bits per heavy atom. The lowest BCUT2D eigenvalue weighted by atomic mass is 9.93. The Kier molecular flexibility index (Phi) is 3.88. The van der Waals surface area contributed by atoms with Crippen molar-refractivity contribution in [1.82, 2.24) is 9.61 Å². The Morgan fingerprint density at radius 3 is 2.55 bits per heavy atom. The topological polar surface area (TPSA) is 34.4 Å². The fraction of sp³-hybridized carbons (Fsp3) is 0.158. The highest BCUT2D eigenvalue weighted by atomic mass is 16.1. The van der Waals surface area contributed by atoms with Crippen LogP contribution < -0.4 is 0 Å². The minimum absolute atomic E-state index is 0.328. The van der Waals surface area contributed by atoms with Crippen LogP contribution in [0.15, 0.2) is 54.7 Å². The SMILES string of the molecule is CC(C)c1c(/C=C/C=O)c(-c2ccccc2)nn2cccc12. The minimum Gasteiger partial charge on any atom is -0.299 e. The molecule has 1 aromatic carbocycles. The van der Waals surface area contributed by atoms with E-state index in [4.69, 9.17) is 5.10 Å². The lowest BCUT2D eigenvalue weighted by molar-refractivity contribution is -0.104. The van der Waals surface area contributed by atoms with Crippen LogP contribution in [0, 0.1) is 0 Å². The minimum atomic E-state index is 0.328. The van der Waals surface area contributed by atoms with E-state index in [-0.39, 0.29) is 0 Å². The number of allylic oxidation sites excluding steroid dienone is 1. The number of aromatic nitrogens is 2. The van der Waals surface area contributed by atoms with Crippen molar-refractivity contribution in [2.75, 3.05) is 0 Å². The Balaban J connectivity index is 2.39. The zero-order valence-electron chi connectivity index (χ0n) is 12.7. The van der Waals surface area contributed by atoms with Crippen molar-refractivity contribution in [1.29, 1.82) is 0 Å². The zero-order chi connectivity index (χ0) is 15.5. The summed E-state index contributed by atoms with van der Waals surface area (Å²) in [6, 6.07) is 14.1. The molecule has 3 rings (SSSR count). The van der Waals surface area contributed by atoms with Crippen LogP contribution in [0.3, 0.4) is 0 Å². The molecular formula is C19H18N2O. The number of rotatable bonds is 4. The van der Waals surface area contributed by atoms with Crippen molar-refractivity contribution in [2.24, 2.45) is 0 Å². The van der Waals surface area contributed by atoms with Gasteiger partial charge in [-0.25, -0.2) is 4.52 Å². The highest BCUT2D eigenvalue weighted by Crippen LogP contribution is 2.32. The van der Waals surface area contributed by atoms with Crippen LogP contribution in [0.2, 0.25) is 0 Å². The quantitative estimate of drug-likeness (QED) is 0.529. The Hall–Kier alpha value is -2.68. The summed E-state index contributed by atoms with van der Waals surface area (Å²) in [5, 5.41) is 4.75. The smallest absolute Gasteiger partial charge is 0.142 e. The van der Waals surface area contributed by atoms with Crippen molar-refractivity contribution in [3.63, 3.8) is 0 Å². The number of benzene rings is 1. The summed E-state index contributed by atoms with van der Waals surface area (Å²) in [5.41, 5.74) is 5.24. The number of hydrogen-bond acceptors (Lipinski definition) is 2. The molecular weight excluding hydrogens is 272 g/mol. The standard InChI is InChI=1S/C19H18N2O/c1-14(2)18-16(10-7-13-22)19(15-8-4-3-5-9-15)20-21-12-6-11-17(18)21/h3-14H,1-2H3/b10-7+. The van der Waals surface area contributed by atoms with Gasteiger partial charge in [-0.15, -0.1) is 0 Å². The first-order chi connectivity index (χ1) is 10.7. The normalized spacial score (nSPS) is 11.6. The predicted octanol–water partition coefficient (Wildman–Crippen LogP) is 4.34. The number of carbonyl (C=O) groups is 1. The molecule has 0 unspecified atom stereocenters. The first kappa shape index (κ1) is 14.3. The molecule has 0 amide bonds. The largest absolute Gasteiger partial charge is 0.299 e.